The molecule has 3 atom stereocenters. The van der Waals surface area contributed by atoms with Crippen molar-refractivity contribution in [3.63, 3.8) is 0 Å². The Labute approximate surface area is 263 Å². The SMILES string of the molecule is COc1cc(CO)cc(I)c1OC1C=C(C(=O)NCCO)CC(N(CC2CCCCC2)C(=O)CCC2CCCC2)C1O. The van der Waals surface area contributed by atoms with Crippen molar-refractivity contribution in [2.75, 3.05) is 26.8 Å². The van der Waals surface area contributed by atoms with Gasteiger partial charge in [0.25, 0.3) is 0 Å². The average Bonchev–Trinajstić information content (AvgIpc) is 3.53. The Morgan fingerprint density at radius 2 is 1.74 bits per heavy atom. The molecule has 0 heterocycles. The van der Waals surface area contributed by atoms with Gasteiger partial charge in [0.05, 0.1) is 29.9 Å². The van der Waals surface area contributed by atoms with Crippen LogP contribution in [0.5, 0.6) is 11.5 Å². The molecule has 9 nitrogen and oxygen atoms in total. The van der Waals surface area contributed by atoms with Crippen molar-refractivity contribution >= 4 is 34.4 Å². The third kappa shape index (κ3) is 8.60. The van der Waals surface area contributed by atoms with Crippen LogP contribution in [0.15, 0.2) is 23.8 Å². The topological polar surface area (TPSA) is 129 Å². The maximum absolute atomic E-state index is 13.9. The maximum atomic E-state index is 13.9. The summed E-state index contributed by atoms with van der Waals surface area (Å²) in [7, 11) is 1.51. The highest BCUT2D eigenvalue weighted by atomic mass is 127. The van der Waals surface area contributed by atoms with Crippen LogP contribution in [0.2, 0.25) is 0 Å². The summed E-state index contributed by atoms with van der Waals surface area (Å²) in [5, 5.41) is 33.5. The molecule has 3 aliphatic rings. The van der Waals surface area contributed by atoms with Crippen molar-refractivity contribution in [1.29, 1.82) is 0 Å². The second-order valence-corrected chi connectivity index (χ2v) is 13.2. The molecule has 42 heavy (non-hydrogen) atoms. The van der Waals surface area contributed by atoms with Gasteiger partial charge in [0.2, 0.25) is 11.8 Å². The fourth-order valence-corrected chi connectivity index (χ4v) is 7.53. The zero-order valence-corrected chi connectivity index (χ0v) is 26.9. The molecule has 2 saturated carbocycles. The summed E-state index contributed by atoms with van der Waals surface area (Å²) in [5.41, 5.74) is 1.08. The molecule has 3 unspecified atom stereocenters. The van der Waals surface area contributed by atoms with Crippen LogP contribution in [0.1, 0.15) is 82.6 Å². The molecule has 0 aromatic heterocycles. The quantitative estimate of drug-likeness (QED) is 0.229. The number of hydrogen-bond acceptors (Lipinski definition) is 7. The molecule has 1 aromatic rings. The Morgan fingerprint density at radius 3 is 2.40 bits per heavy atom. The lowest BCUT2D eigenvalue weighted by Crippen LogP contribution is -2.56. The van der Waals surface area contributed by atoms with Crippen molar-refractivity contribution in [1.82, 2.24) is 10.2 Å². The van der Waals surface area contributed by atoms with Crippen molar-refractivity contribution in [2.45, 2.75) is 102 Å². The van der Waals surface area contributed by atoms with E-state index in [1.54, 1.807) is 18.2 Å². The zero-order valence-electron chi connectivity index (χ0n) is 24.7. The standard InChI is InChI=1S/C32H47IN2O7/c1-41-28-16-23(20-37)15-25(33)31(28)42-27-18-24(32(40)34-13-14-36)17-26(30(27)39)35(19-22-9-3-2-4-10-22)29(38)12-11-21-7-5-6-8-21/h15-16,18,21-22,26-27,30,36-37,39H,2-14,17,19-20H2,1H3,(H,34,40). The molecule has 4 N–H and O–H groups in total. The smallest absolute Gasteiger partial charge is 0.247 e. The van der Waals surface area contributed by atoms with Crippen LogP contribution in [0.25, 0.3) is 0 Å². The first kappa shape index (κ1) is 33.0. The number of rotatable bonds is 13. The third-order valence-electron chi connectivity index (χ3n) is 9.08. The number of halogens is 1. The van der Waals surface area contributed by atoms with Crippen molar-refractivity contribution in [3.05, 3.63) is 32.9 Å². The first-order valence-corrected chi connectivity index (χ1v) is 16.6. The van der Waals surface area contributed by atoms with Crippen LogP contribution < -0.4 is 14.8 Å². The van der Waals surface area contributed by atoms with Gasteiger partial charge in [-0.1, -0.05) is 44.9 Å². The summed E-state index contributed by atoms with van der Waals surface area (Å²) in [6, 6.07) is 2.84. The van der Waals surface area contributed by atoms with E-state index in [-0.39, 0.29) is 38.0 Å². The van der Waals surface area contributed by atoms with E-state index in [1.807, 2.05) is 4.90 Å². The third-order valence-corrected chi connectivity index (χ3v) is 9.88. The van der Waals surface area contributed by atoms with Crippen molar-refractivity contribution in [3.8, 4) is 11.5 Å². The summed E-state index contributed by atoms with van der Waals surface area (Å²) in [5.74, 6) is 1.44. The number of aliphatic hydroxyl groups is 3. The van der Waals surface area contributed by atoms with Gasteiger partial charge in [-0.05, 0) is 77.5 Å². The van der Waals surface area contributed by atoms with E-state index < -0.39 is 18.2 Å². The predicted molar refractivity (Wildman–Crippen MR) is 168 cm³/mol. The Bertz CT molecular complexity index is 1080. The lowest BCUT2D eigenvalue weighted by Gasteiger charge is -2.42. The van der Waals surface area contributed by atoms with Gasteiger partial charge in [-0.25, -0.2) is 0 Å². The molecular formula is C32H47IN2O7. The number of nitrogens with one attached hydrogen (secondary N) is 1. The molecule has 234 valence electrons. The molecule has 0 aliphatic heterocycles. The highest BCUT2D eigenvalue weighted by molar-refractivity contribution is 14.1. The van der Waals surface area contributed by atoms with Gasteiger partial charge in [0, 0.05) is 31.5 Å². The fourth-order valence-electron chi connectivity index (χ4n) is 6.73. The molecule has 10 heteroatoms. The molecule has 1 aromatic carbocycles. The van der Waals surface area contributed by atoms with Crippen LogP contribution in [0.3, 0.4) is 0 Å². The Kier molecular flexibility index (Phi) is 12.8. The summed E-state index contributed by atoms with van der Waals surface area (Å²) in [4.78, 5) is 29.0. The lowest BCUT2D eigenvalue weighted by molar-refractivity contribution is -0.140. The number of carbonyl (C=O) groups excluding carboxylic acids is 2. The number of benzene rings is 1. The molecule has 0 bridgehead atoms. The largest absolute Gasteiger partial charge is 0.493 e. The van der Waals surface area contributed by atoms with Crippen LogP contribution in [-0.4, -0.2) is 77.1 Å². The molecule has 0 radical (unpaired) electrons. The Hall–Kier alpha value is -1.89. The van der Waals surface area contributed by atoms with Gasteiger partial charge in [-0.15, -0.1) is 0 Å². The molecule has 0 saturated heterocycles. The van der Waals surface area contributed by atoms with Gasteiger partial charge in [-0.2, -0.15) is 0 Å². The van der Waals surface area contributed by atoms with Crippen LogP contribution in [-0.2, 0) is 16.2 Å². The molecule has 4 rings (SSSR count). The summed E-state index contributed by atoms with van der Waals surface area (Å²) in [6.45, 7) is 0.324. The van der Waals surface area contributed by atoms with E-state index in [1.165, 1.54) is 39.2 Å². The van der Waals surface area contributed by atoms with Crippen LogP contribution in [0, 0.1) is 15.4 Å². The van der Waals surface area contributed by atoms with Crippen LogP contribution in [0.4, 0.5) is 0 Å². The lowest BCUT2D eigenvalue weighted by atomic mass is 9.85. The summed E-state index contributed by atoms with van der Waals surface area (Å²) < 4.78 is 12.6. The molecular weight excluding hydrogens is 651 g/mol. The summed E-state index contributed by atoms with van der Waals surface area (Å²) >= 11 is 2.10. The highest BCUT2D eigenvalue weighted by Gasteiger charge is 2.41. The minimum Gasteiger partial charge on any atom is -0.493 e. The minimum absolute atomic E-state index is 0.0340. The van der Waals surface area contributed by atoms with E-state index in [9.17, 15) is 24.9 Å². The van der Waals surface area contributed by atoms with Crippen LogP contribution >= 0.6 is 22.6 Å². The first-order valence-electron chi connectivity index (χ1n) is 15.6. The second-order valence-electron chi connectivity index (χ2n) is 12.0. The van der Waals surface area contributed by atoms with E-state index in [0.717, 1.165) is 32.1 Å². The monoisotopic (exact) mass is 698 g/mol. The highest BCUT2D eigenvalue weighted by Crippen LogP contribution is 2.38. The van der Waals surface area contributed by atoms with E-state index in [4.69, 9.17) is 9.47 Å². The number of nitrogens with zero attached hydrogens (tertiary/aromatic N) is 1. The maximum Gasteiger partial charge on any atom is 0.247 e. The number of ether oxygens (including phenoxy) is 2. The number of amides is 2. The van der Waals surface area contributed by atoms with Gasteiger partial charge in [0.1, 0.15) is 12.2 Å². The van der Waals surface area contributed by atoms with E-state index in [2.05, 4.69) is 27.9 Å². The summed E-state index contributed by atoms with van der Waals surface area (Å²) in [6.07, 6.45) is 11.5. The predicted octanol–water partition coefficient (Wildman–Crippen LogP) is 4.09. The number of methoxy groups -OCH3 is 1. The number of aliphatic hydroxyl groups excluding tert-OH is 3. The average molecular weight is 699 g/mol. The fraction of sp³-hybridized carbons (Fsp3) is 0.688. The molecule has 3 aliphatic carbocycles. The van der Waals surface area contributed by atoms with Gasteiger partial charge < -0.3 is 35.0 Å². The molecule has 2 amide bonds. The van der Waals surface area contributed by atoms with Gasteiger partial charge in [-0.3, -0.25) is 9.59 Å². The second kappa shape index (κ2) is 16.3. The van der Waals surface area contributed by atoms with Crippen molar-refractivity contribution in [2.24, 2.45) is 11.8 Å². The Balaban J connectivity index is 1.64. The van der Waals surface area contributed by atoms with Gasteiger partial charge >= 0.3 is 0 Å². The number of hydrogen-bond donors (Lipinski definition) is 4. The molecule has 2 fully saturated rings. The van der Waals surface area contributed by atoms with Crippen molar-refractivity contribution < 1.29 is 34.4 Å². The zero-order chi connectivity index (χ0) is 30.1. The normalized spacial score (nSPS) is 23.4. The van der Waals surface area contributed by atoms with Gasteiger partial charge in [0.15, 0.2) is 11.5 Å². The molecule has 0 spiro atoms. The number of carbonyl (C=O) groups is 2. The Morgan fingerprint density at radius 1 is 1.05 bits per heavy atom. The van der Waals surface area contributed by atoms with E-state index >= 15 is 0 Å². The minimum atomic E-state index is -1.07. The van der Waals surface area contributed by atoms with E-state index in [0.29, 0.717) is 51.0 Å². The first-order chi connectivity index (χ1) is 20.3.